The van der Waals surface area contributed by atoms with Gasteiger partial charge in [0.2, 0.25) is 0 Å². The molecule has 7 nitrogen and oxygen atoms in total. The Morgan fingerprint density at radius 3 is 2.65 bits per heavy atom. The summed E-state index contributed by atoms with van der Waals surface area (Å²) in [5.74, 6) is 1.14. The number of carbonyl (C=O) groups excluding carboxylic acids is 1. The quantitative estimate of drug-likeness (QED) is 0.211. The summed E-state index contributed by atoms with van der Waals surface area (Å²) in [7, 11) is 0. The fourth-order valence-electron chi connectivity index (χ4n) is 2.44. The number of hydrogen-bond acceptors (Lipinski definition) is 7. The van der Waals surface area contributed by atoms with E-state index in [9.17, 15) is 4.79 Å². The molecule has 3 aromatic rings. The van der Waals surface area contributed by atoms with E-state index < -0.39 is 0 Å². The zero-order valence-corrected chi connectivity index (χ0v) is 18.4. The molecule has 0 saturated carbocycles. The van der Waals surface area contributed by atoms with Crippen molar-refractivity contribution in [2.24, 2.45) is 5.10 Å². The number of nitrogens with zero attached hydrogens (tertiary/aromatic N) is 3. The van der Waals surface area contributed by atoms with Gasteiger partial charge in [-0.15, -0.1) is 0 Å². The third-order valence-corrected chi connectivity index (χ3v) is 4.98. The molecule has 0 aliphatic rings. The molecule has 2 aromatic carbocycles. The molecule has 0 saturated heterocycles. The van der Waals surface area contributed by atoms with Crippen molar-refractivity contribution in [3.8, 4) is 11.5 Å². The van der Waals surface area contributed by atoms with E-state index in [1.54, 1.807) is 24.7 Å². The van der Waals surface area contributed by atoms with Crippen molar-refractivity contribution in [1.82, 2.24) is 15.4 Å². The first-order valence-corrected chi connectivity index (χ1v) is 10.9. The molecule has 0 aliphatic carbocycles. The predicted octanol–water partition coefficient (Wildman–Crippen LogP) is 4.35. The Morgan fingerprint density at radius 1 is 1.13 bits per heavy atom. The zero-order chi connectivity index (χ0) is 21.9. The van der Waals surface area contributed by atoms with Crippen LogP contribution in [0.5, 0.6) is 11.5 Å². The summed E-state index contributed by atoms with van der Waals surface area (Å²) < 4.78 is 11.6. The van der Waals surface area contributed by atoms with Crippen LogP contribution in [0.1, 0.15) is 18.1 Å². The molecule has 0 aliphatic heterocycles. The third-order valence-electron chi connectivity index (χ3n) is 3.85. The maximum atomic E-state index is 11.9. The Kier molecular flexibility index (Phi) is 8.69. The highest BCUT2D eigenvalue weighted by molar-refractivity contribution is 7.99. The van der Waals surface area contributed by atoms with Crippen molar-refractivity contribution >= 4 is 35.5 Å². The summed E-state index contributed by atoms with van der Waals surface area (Å²) >= 11 is 7.15. The molecule has 1 amide bonds. The number of thioether (sulfide) groups is 1. The summed E-state index contributed by atoms with van der Waals surface area (Å²) in [6, 6.07) is 14.6. The van der Waals surface area contributed by atoms with Crippen molar-refractivity contribution in [3.05, 3.63) is 77.1 Å². The topological polar surface area (TPSA) is 85.7 Å². The number of amides is 1. The average molecular weight is 457 g/mol. The van der Waals surface area contributed by atoms with Gasteiger partial charge in [0, 0.05) is 17.4 Å². The van der Waals surface area contributed by atoms with E-state index in [1.807, 2.05) is 49.4 Å². The molecule has 0 fully saturated rings. The summed E-state index contributed by atoms with van der Waals surface area (Å²) in [6.07, 6.45) is 4.81. The van der Waals surface area contributed by atoms with Crippen LogP contribution in [0.4, 0.5) is 0 Å². The van der Waals surface area contributed by atoms with Crippen molar-refractivity contribution in [3.63, 3.8) is 0 Å². The maximum Gasteiger partial charge on any atom is 0.250 e. The van der Waals surface area contributed by atoms with Gasteiger partial charge in [-0.25, -0.2) is 15.4 Å². The van der Waals surface area contributed by atoms with Gasteiger partial charge >= 0.3 is 0 Å². The summed E-state index contributed by atoms with van der Waals surface area (Å²) in [6.45, 7) is 2.79. The third kappa shape index (κ3) is 7.58. The smallest absolute Gasteiger partial charge is 0.250 e. The molecule has 1 N–H and O–H groups in total. The number of hydrogen-bond donors (Lipinski definition) is 1. The first-order chi connectivity index (χ1) is 15.1. The number of ether oxygens (including phenoxy) is 2. The largest absolute Gasteiger partial charge is 0.490 e. The second-order valence-electron chi connectivity index (χ2n) is 6.17. The average Bonchev–Trinajstić information content (AvgIpc) is 2.79. The number of carbonyl (C=O) groups is 1. The van der Waals surface area contributed by atoms with Crippen LogP contribution in [0.15, 0.2) is 71.2 Å². The molecule has 9 heteroatoms. The minimum atomic E-state index is -0.248. The monoisotopic (exact) mass is 456 g/mol. The molecule has 0 unspecified atom stereocenters. The second-order valence-corrected chi connectivity index (χ2v) is 7.55. The number of halogens is 1. The first-order valence-electron chi connectivity index (χ1n) is 9.50. The molecule has 0 spiro atoms. The van der Waals surface area contributed by atoms with Crippen LogP contribution in [-0.2, 0) is 11.4 Å². The lowest BCUT2D eigenvalue weighted by molar-refractivity contribution is -0.118. The molecule has 1 heterocycles. The van der Waals surface area contributed by atoms with Gasteiger partial charge in [0.25, 0.3) is 5.91 Å². The van der Waals surface area contributed by atoms with Crippen molar-refractivity contribution in [2.45, 2.75) is 18.7 Å². The molecule has 0 bridgehead atoms. The molecule has 1 aromatic heterocycles. The summed E-state index contributed by atoms with van der Waals surface area (Å²) in [4.78, 5) is 20.0. The molecular formula is C22H21ClN4O3S. The van der Waals surface area contributed by atoms with E-state index in [0.717, 1.165) is 11.1 Å². The second kappa shape index (κ2) is 11.9. The number of nitrogens with one attached hydrogen (secondary N) is 1. The van der Waals surface area contributed by atoms with Gasteiger partial charge in [-0.2, -0.15) is 5.10 Å². The zero-order valence-electron chi connectivity index (χ0n) is 16.8. The van der Waals surface area contributed by atoms with E-state index >= 15 is 0 Å². The van der Waals surface area contributed by atoms with Crippen LogP contribution in [0, 0.1) is 0 Å². The van der Waals surface area contributed by atoms with Gasteiger partial charge in [0.15, 0.2) is 16.7 Å². The molecule has 0 radical (unpaired) electrons. The molecule has 31 heavy (non-hydrogen) atoms. The van der Waals surface area contributed by atoms with Gasteiger partial charge in [0.05, 0.1) is 18.6 Å². The van der Waals surface area contributed by atoms with Gasteiger partial charge < -0.3 is 9.47 Å². The fourth-order valence-corrected chi connectivity index (χ4v) is 3.16. The van der Waals surface area contributed by atoms with Crippen LogP contribution in [0.2, 0.25) is 5.02 Å². The van der Waals surface area contributed by atoms with Crippen LogP contribution >= 0.6 is 23.4 Å². The summed E-state index contributed by atoms with van der Waals surface area (Å²) in [5.41, 5.74) is 4.25. The minimum absolute atomic E-state index is 0.170. The Labute approximate surface area is 189 Å². The molecular weight excluding hydrogens is 436 g/mol. The summed E-state index contributed by atoms with van der Waals surface area (Å²) in [5, 5.41) is 5.22. The van der Waals surface area contributed by atoms with Gasteiger partial charge in [0.1, 0.15) is 6.61 Å². The number of benzene rings is 2. The minimum Gasteiger partial charge on any atom is -0.490 e. The van der Waals surface area contributed by atoms with E-state index in [1.165, 1.54) is 11.8 Å². The fraction of sp³-hybridized carbons (Fsp3) is 0.182. The van der Waals surface area contributed by atoms with E-state index in [4.69, 9.17) is 21.1 Å². The predicted molar refractivity (Wildman–Crippen MR) is 122 cm³/mol. The first kappa shape index (κ1) is 22.6. The van der Waals surface area contributed by atoms with Gasteiger partial charge in [-0.1, -0.05) is 35.5 Å². The normalized spacial score (nSPS) is 10.8. The highest BCUT2D eigenvalue weighted by Crippen LogP contribution is 2.29. The SMILES string of the molecule is CCOc1cc(C=NNC(=O)CSc2ncccn2)ccc1OCc1ccc(Cl)cc1. The highest BCUT2D eigenvalue weighted by Gasteiger charge is 2.07. The lowest BCUT2D eigenvalue weighted by atomic mass is 10.2. The van der Waals surface area contributed by atoms with E-state index in [-0.39, 0.29) is 11.7 Å². The molecule has 3 rings (SSSR count). The Morgan fingerprint density at radius 2 is 1.90 bits per heavy atom. The van der Waals surface area contributed by atoms with Gasteiger partial charge in [-0.05, 0) is 54.4 Å². The van der Waals surface area contributed by atoms with Crippen LogP contribution in [0.25, 0.3) is 0 Å². The number of aromatic nitrogens is 2. The number of rotatable bonds is 10. The Bertz CT molecular complexity index is 1020. The maximum absolute atomic E-state index is 11.9. The standard InChI is InChI=1S/C22H21ClN4O3S/c1-2-29-20-12-17(6-9-19(20)30-14-16-4-7-18(23)8-5-16)13-26-27-21(28)15-31-22-24-10-3-11-25-22/h3-13H,2,14-15H2,1H3,(H,27,28). The Hall–Kier alpha value is -3.10. The lowest BCUT2D eigenvalue weighted by Gasteiger charge is -2.12. The number of hydrazone groups is 1. The lowest BCUT2D eigenvalue weighted by Crippen LogP contribution is -2.19. The molecule has 0 atom stereocenters. The molecule has 160 valence electrons. The van der Waals surface area contributed by atoms with Crippen molar-refractivity contribution in [2.75, 3.05) is 12.4 Å². The van der Waals surface area contributed by atoms with Crippen LogP contribution < -0.4 is 14.9 Å². The van der Waals surface area contributed by atoms with Crippen molar-refractivity contribution in [1.29, 1.82) is 0 Å². The van der Waals surface area contributed by atoms with Gasteiger partial charge in [-0.3, -0.25) is 4.79 Å². The van der Waals surface area contributed by atoms with Crippen LogP contribution in [-0.4, -0.2) is 34.4 Å². The van der Waals surface area contributed by atoms with E-state index in [2.05, 4.69) is 20.5 Å². The van der Waals surface area contributed by atoms with Crippen LogP contribution in [0.3, 0.4) is 0 Å². The van der Waals surface area contributed by atoms with Crippen molar-refractivity contribution < 1.29 is 14.3 Å². The highest BCUT2D eigenvalue weighted by atomic mass is 35.5. The Balaban J connectivity index is 1.55. The van der Waals surface area contributed by atoms with E-state index in [0.29, 0.717) is 34.9 Å².